The fourth-order valence-electron chi connectivity index (χ4n) is 4.01. The lowest BCUT2D eigenvalue weighted by molar-refractivity contribution is -0.138. The molecule has 1 aliphatic carbocycles. The quantitative estimate of drug-likeness (QED) is 0.592. The SMILES string of the molecule is CC(C)C(=O)N(Cc1c(C(=O)NC2CCCC2)noc1-c1ccc(C(F)(F)F)cc1)C(C)C. The van der Waals surface area contributed by atoms with Crippen LogP contribution in [0.25, 0.3) is 11.3 Å². The number of halogens is 3. The molecule has 2 aromatic rings. The second-order valence-corrected chi connectivity index (χ2v) is 9.08. The van der Waals surface area contributed by atoms with Gasteiger partial charge < -0.3 is 14.7 Å². The average molecular weight is 466 g/mol. The lowest BCUT2D eigenvalue weighted by Crippen LogP contribution is -2.40. The van der Waals surface area contributed by atoms with Crippen molar-refractivity contribution in [3.63, 3.8) is 0 Å². The maximum atomic E-state index is 13.0. The van der Waals surface area contributed by atoms with Crippen LogP contribution in [0.5, 0.6) is 0 Å². The van der Waals surface area contributed by atoms with Crippen LogP contribution in [0, 0.1) is 5.92 Å². The molecule has 0 unspecified atom stereocenters. The summed E-state index contributed by atoms with van der Waals surface area (Å²) in [5.74, 6) is -0.591. The van der Waals surface area contributed by atoms with Gasteiger partial charge in [0.1, 0.15) is 0 Å². The second kappa shape index (κ2) is 9.97. The van der Waals surface area contributed by atoms with E-state index >= 15 is 0 Å². The van der Waals surface area contributed by atoms with Crippen LogP contribution in [0.4, 0.5) is 13.2 Å². The molecule has 1 saturated carbocycles. The van der Waals surface area contributed by atoms with Crippen LogP contribution in [-0.2, 0) is 17.5 Å². The van der Waals surface area contributed by atoms with E-state index in [4.69, 9.17) is 4.52 Å². The molecule has 1 N–H and O–H groups in total. The lowest BCUT2D eigenvalue weighted by atomic mass is 10.0. The molecular formula is C24H30F3N3O3. The number of hydrogen-bond donors (Lipinski definition) is 1. The molecule has 0 saturated heterocycles. The van der Waals surface area contributed by atoms with E-state index in [2.05, 4.69) is 10.5 Å². The van der Waals surface area contributed by atoms with Crippen molar-refractivity contribution < 1.29 is 27.3 Å². The number of carbonyl (C=O) groups is 2. The van der Waals surface area contributed by atoms with Crippen molar-refractivity contribution in [1.82, 2.24) is 15.4 Å². The minimum absolute atomic E-state index is 0.0510. The number of hydrogen-bond acceptors (Lipinski definition) is 4. The molecule has 3 rings (SSSR count). The summed E-state index contributed by atoms with van der Waals surface area (Å²) in [6.45, 7) is 7.36. The third-order valence-electron chi connectivity index (χ3n) is 5.90. The highest BCUT2D eigenvalue weighted by Crippen LogP contribution is 2.33. The summed E-state index contributed by atoms with van der Waals surface area (Å²) in [4.78, 5) is 27.5. The maximum absolute atomic E-state index is 13.0. The summed E-state index contributed by atoms with van der Waals surface area (Å²) in [6, 6.07) is 4.38. The van der Waals surface area contributed by atoms with E-state index in [1.54, 1.807) is 18.7 Å². The monoisotopic (exact) mass is 465 g/mol. The number of nitrogens with one attached hydrogen (secondary N) is 1. The zero-order chi connectivity index (χ0) is 24.3. The molecule has 1 aliphatic rings. The summed E-state index contributed by atoms with van der Waals surface area (Å²) >= 11 is 0. The van der Waals surface area contributed by atoms with Gasteiger partial charge in [-0.3, -0.25) is 9.59 Å². The van der Waals surface area contributed by atoms with E-state index in [1.165, 1.54) is 12.1 Å². The van der Waals surface area contributed by atoms with Gasteiger partial charge in [0.2, 0.25) is 5.91 Å². The predicted octanol–water partition coefficient (Wildman–Crippen LogP) is 5.43. The molecule has 1 aromatic carbocycles. The van der Waals surface area contributed by atoms with Crippen LogP contribution in [0.2, 0.25) is 0 Å². The lowest BCUT2D eigenvalue weighted by Gasteiger charge is -2.28. The summed E-state index contributed by atoms with van der Waals surface area (Å²) in [6.07, 6.45) is -0.620. The Labute approximate surface area is 191 Å². The van der Waals surface area contributed by atoms with Crippen molar-refractivity contribution in [3.8, 4) is 11.3 Å². The van der Waals surface area contributed by atoms with Crippen molar-refractivity contribution in [1.29, 1.82) is 0 Å². The smallest absolute Gasteiger partial charge is 0.355 e. The Hall–Kier alpha value is -2.84. The molecule has 180 valence electrons. The molecule has 1 aromatic heterocycles. The largest absolute Gasteiger partial charge is 0.416 e. The maximum Gasteiger partial charge on any atom is 0.416 e. The number of alkyl halides is 3. The molecule has 9 heteroatoms. The van der Waals surface area contributed by atoms with Crippen molar-refractivity contribution >= 4 is 11.8 Å². The Balaban J connectivity index is 2.01. The Morgan fingerprint density at radius 1 is 1.12 bits per heavy atom. The molecule has 0 atom stereocenters. The molecule has 6 nitrogen and oxygen atoms in total. The van der Waals surface area contributed by atoms with Gasteiger partial charge in [-0.05, 0) is 38.8 Å². The van der Waals surface area contributed by atoms with E-state index in [0.717, 1.165) is 37.8 Å². The topological polar surface area (TPSA) is 75.4 Å². The summed E-state index contributed by atoms with van der Waals surface area (Å²) in [5.41, 5.74) is 0.00314. The Morgan fingerprint density at radius 2 is 1.73 bits per heavy atom. The van der Waals surface area contributed by atoms with E-state index < -0.39 is 17.6 Å². The molecule has 1 fully saturated rings. The molecule has 2 amide bonds. The van der Waals surface area contributed by atoms with Gasteiger partial charge in [0.05, 0.1) is 17.7 Å². The standard InChI is InChI=1S/C24H30F3N3O3/c1-14(2)23(32)30(15(3)4)13-19-20(22(31)28-18-7-5-6-8-18)29-33-21(19)16-9-11-17(12-10-16)24(25,26)27/h9-12,14-15,18H,5-8,13H2,1-4H3,(H,28,31). The van der Waals surface area contributed by atoms with Crippen molar-refractivity contribution in [2.24, 2.45) is 5.92 Å². The first kappa shape index (κ1) is 24.8. The van der Waals surface area contributed by atoms with E-state index in [-0.39, 0.29) is 41.9 Å². The van der Waals surface area contributed by atoms with E-state index in [9.17, 15) is 22.8 Å². The number of aromatic nitrogens is 1. The van der Waals surface area contributed by atoms with Crippen molar-refractivity contribution in [2.45, 2.75) is 78.2 Å². The van der Waals surface area contributed by atoms with Crippen LogP contribution in [0.1, 0.15) is 75.0 Å². The fourth-order valence-corrected chi connectivity index (χ4v) is 4.01. The molecule has 0 aliphatic heterocycles. The van der Waals surface area contributed by atoms with Gasteiger partial charge in [-0.15, -0.1) is 0 Å². The van der Waals surface area contributed by atoms with Gasteiger partial charge in [0, 0.05) is 23.6 Å². The zero-order valence-corrected chi connectivity index (χ0v) is 19.3. The number of amides is 2. The molecule has 33 heavy (non-hydrogen) atoms. The number of carbonyl (C=O) groups excluding carboxylic acids is 2. The first-order valence-corrected chi connectivity index (χ1v) is 11.3. The van der Waals surface area contributed by atoms with Crippen molar-refractivity contribution in [2.75, 3.05) is 0 Å². The Bertz CT molecular complexity index is 975. The third-order valence-corrected chi connectivity index (χ3v) is 5.90. The van der Waals surface area contributed by atoms with Crippen LogP contribution in [0.3, 0.4) is 0 Å². The van der Waals surface area contributed by atoms with Crippen LogP contribution in [-0.4, -0.2) is 34.0 Å². The first-order valence-electron chi connectivity index (χ1n) is 11.3. The number of rotatable bonds is 7. The molecule has 0 spiro atoms. The van der Waals surface area contributed by atoms with E-state index in [0.29, 0.717) is 11.1 Å². The highest BCUT2D eigenvalue weighted by atomic mass is 19.4. The Kier molecular flexibility index (Phi) is 7.49. The summed E-state index contributed by atoms with van der Waals surface area (Å²) < 4.78 is 44.5. The van der Waals surface area contributed by atoms with Gasteiger partial charge >= 0.3 is 6.18 Å². The highest BCUT2D eigenvalue weighted by molar-refractivity contribution is 5.95. The highest BCUT2D eigenvalue weighted by Gasteiger charge is 2.32. The van der Waals surface area contributed by atoms with Crippen LogP contribution < -0.4 is 5.32 Å². The number of benzene rings is 1. The minimum Gasteiger partial charge on any atom is -0.355 e. The van der Waals surface area contributed by atoms with Gasteiger partial charge in [-0.1, -0.05) is 44.0 Å². The van der Waals surface area contributed by atoms with Gasteiger partial charge in [-0.25, -0.2) is 0 Å². The average Bonchev–Trinajstić information content (AvgIpc) is 3.40. The Morgan fingerprint density at radius 3 is 2.24 bits per heavy atom. The number of nitrogens with zero attached hydrogens (tertiary/aromatic N) is 2. The van der Waals surface area contributed by atoms with Crippen LogP contribution >= 0.6 is 0 Å². The van der Waals surface area contributed by atoms with Gasteiger partial charge in [-0.2, -0.15) is 13.2 Å². The van der Waals surface area contributed by atoms with Crippen molar-refractivity contribution in [3.05, 3.63) is 41.1 Å². The zero-order valence-electron chi connectivity index (χ0n) is 19.3. The second-order valence-electron chi connectivity index (χ2n) is 9.08. The van der Waals surface area contributed by atoms with Crippen LogP contribution in [0.15, 0.2) is 28.8 Å². The first-order chi connectivity index (χ1) is 15.5. The van der Waals surface area contributed by atoms with Gasteiger partial charge in [0.25, 0.3) is 5.91 Å². The summed E-state index contributed by atoms with van der Waals surface area (Å²) in [5, 5.41) is 6.95. The molecule has 0 radical (unpaired) electrons. The fraction of sp³-hybridized carbons (Fsp3) is 0.542. The van der Waals surface area contributed by atoms with Gasteiger partial charge in [0.15, 0.2) is 11.5 Å². The normalized spacial score (nSPS) is 14.8. The summed E-state index contributed by atoms with van der Waals surface area (Å²) in [7, 11) is 0. The van der Waals surface area contributed by atoms with E-state index in [1.807, 2.05) is 13.8 Å². The third kappa shape index (κ3) is 5.75. The molecule has 1 heterocycles. The molecule has 0 bridgehead atoms. The predicted molar refractivity (Wildman–Crippen MR) is 117 cm³/mol. The molecular weight excluding hydrogens is 435 g/mol. The minimum atomic E-state index is -4.47.